The van der Waals surface area contributed by atoms with Crippen LogP contribution in [-0.4, -0.2) is 0 Å². The summed E-state index contributed by atoms with van der Waals surface area (Å²) in [6.45, 7) is 2.46. The average Bonchev–Trinajstić information content (AvgIpc) is 0.717. The zero-order valence-corrected chi connectivity index (χ0v) is 55.0. The monoisotopic (exact) mass is 1270 g/mol. The third-order valence-corrected chi connectivity index (χ3v) is 19.6. The Kier molecular flexibility index (Phi) is 16.0. The van der Waals surface area contributed by atoms with Crippen LogP contribution in [0.5, 0.6) is 0 Å². The Hall–Kier alpha value is -12.8. The number of nitrogens with zero attached hydrogens (tertiary/aromatic N) is 4. The lowest BCUT2D eigenvalue weighted by atomic mass is 9.75. The fraction of sp³-hybridized carbons (Fsp3) is 0.0316. The van der Waals surface area contributed by atoms with Crippen molar-refractivity contribution in [3.8, 4) is 44.5 Å². The Balaban J connectivity index is 0.904. The number of rotatable bonds is 16. The molecule has 1 atom stereocenters. The minimum Gasteiger partial charge on any atom is -0.314 e. The number of hydrogen-bond donors (Lipinski definition) is 0. The average molecular weight is 1270 g/mol. The van der Waals surface area contributed by atoms with Crippen LogP contribution in [0.25, 0.3) is 82.9 Å². The molecule has 4 nitrogen and oxygen atoms in total. The molecule has 1 aliphatic carbocycles. The molecule has 470 valence electrons. The molecular weight excluding hydrogens is 1200 g/mol. The van der Waals surface area contributed by atoms with Gasteiger partial charge in [-0.25, -0.2) is 0 Å². The van der Waals surface area contributed by atoms with Gasteiger partial charge in [0.05, 0.1) is 0 Å². The maximum atomic E-state index is 2.54. The molecule has 16 aromatic rings. The van der Waals surface area contributed by atoms with E-state index in [-0.39, 0.29) is 5.92 Å². The van der Waals surface area contributed by atoms with Crippen LogP contribution in [-0.2, 0) is 0 Å². The standard InChI is InChI=1S/C95H70N4/c1-67-64-85(99(79-40-18-7-19-41-79)83-56-48-71(49-57-83)89-45-25-29-69-27-21-23-43-87(69)89)66-92-93(67)95(73-52-60-81(61-53-73)97(76-34-12-4-13-35-76)77-36-14-5-15-37-77)91-65-84(98(78-38-16-6-17-39-78)82-54-46-70(47-55-82)88-44-24-28-68-26-20-22-42-86(68)88)62-63-90(91)94(92)72-50-58-80(59-51-72)96(74-30-8-2-9-31-74)75-32-10-3-11-33-75/h2-63,65-67H,64H2,1H3. The molecule has 0 N–H and O–H groups in total. The maximum Gasteiger partial charge on any atom is 0.0468 e. The van der Waals surface area contributed by atoms with E-state index in [4.69, 9.17) is 0 Å². The number of hydrogen-bond acceptors (Lipinski definition) is 4. The second kappa shape index (κ2) is 26.4. The molecule has 0 saturated carbocycles. The van der Waals surface area contributed by atoms with Crippen LogP contribution in [0.4, 0.5) is 62.6 Å². The van der Waals surface area contributed by atoms with Crippen LogP contribution in [0.3, 0.4) is 0 Å². The van der Waals surface area contributed by atoms with Gasteiger partial charge in [-0.3, -0.25) is 0 Å². The Morgan fingerprint density at radius 1 is 0.232 bits per heavy atom. The van der Waals surface area contributed by atoms with Gasteiger partial charge in [0.1, 0.15) is 0 Å². The summed E-state index contributed by atoms with van der Waals surface area (Å²) in [4.78, 5) is 9.64. The fourth-order valence-corrected chi connectivity index (χ4v) is 15.1. The van der Waals surface area contributed by atoms with E-state index in [9.17, 15) is 0 Å². The molecule has 0 aromatic heterocycles. The van der Waals surface area contributed by atoms with Crippen molar-refractivity contribution in [3.63, 3.8) is 0 Å². The van der Waals surface area contributed by atoms with Gasteiger partial charge < -0.3 is 19.6 Å². The molecule has 0 heterocycles. The lowest BCUT2D eigenvalue weighted by Crippen LogP contribution is -2.21. The fourth-order valence-electron chi connectivity index (χ4n) is 15.1. The quantitative estimate of drug-likeness (QED) is 0.0956. The lowest BCUT2D eigenvalue weighted by Gasteiger charge is -2.36. The van der Waals surface area contributed by atoms with Gasteiger partial charge in [0, 0.05) is 68.3 Å². The van der Waals surface area contributed by atoms with Crippen LogP contribution in [0, 0.1) is 0 Å². The van der Waals surface area contributed by atoms with Crippen LogP contribution in [0.2, 0.25) is 0 Å². The maximum absolute atomic E-state index is 2.54. The molecule has 0 bridgehead atoms. The number of anilines is 11. The van der Waals surface area contributed by atoms with Crippen LogP contribution >= 0.6 is 0 Å². The van der Waals surface area contributed by atoms with Gasteiger partial charge in [0.2, 0.25) is 0 Å². The topological polar surface area (TPSA) is 13.0 Å². The number of allylic oxidation sites excluding steroid dienone is 1. The SMILES string of the molecule is CC1CC(N(c2ccccc2)c2ccc(-c3cccc4ccccc34)cc2)=Cc2c1c(-c1ccc(N(c3ccccc3)c3ccccc3)cc1)c1cc(N(c3ccccc3)c3ccc(-c4cccc5ccccc45)cc3)ccc1c2-c1ccc(N(c2ccccc2)c2ccccc2)cc1. The third kappa shape index (κ3) is 11.5. The van der Waals surface area contributed by atoms with E-state index < -0.39 is 0 Å². The van der Waals surface area contributed by atoms with Gasteiger partial charge in [0.15, 0.2) is 0 Å². The summed E-state index contributed by atoms with van der Waals surface area (Å²) in [7, 11) is 0. The minimum atomic E-state index is 0.0468. The first-order chi connectivity index (χ1) is 49.0. The van der Waals surface area contributed by atoms with Gasteiger partial charge >= 0.3 is 0 Å². The highest BCUT2D eigenvalue weighted by atomic mass is 15.2. The molecule has 0 saturated heterocycles. The van der Waals surface area contributed by atoms with E-state index in [1.807, 2.05) is 0 Å². The van der Waals surface area contributed by atoms with Crippen molar-refractivity contribution in [1.29, 1.82) is 0 Å². The summed E-state index contributed by atoms with van der Waals surface area (Å²) in [5.41, 5.74) is 25.2. The summed E-state index contributed by atoms with van der Waals surface area (Å²) >= 11 is 0. The van der Waals surface area contributed by atoms with E-state index in [2.05, 4.69) is 415 Å². The Labute approximate surface area is 579 Å². The first-order valence-electron chi connectivity index (χ1n) is 34.3. The second-order valence-corrected chi connectivity index (χ2v) is 25.6. The molecule has 1 unspecified atom stereocenters. The number of para-hydroxylation sites is 6. The summed E-state index contributed by atoms with van der Waals surface area (Å²) in [5.74, 6) is 0.0468. The van der Waals surface area contributed by atoms with Crippen molar-refractivity contribution < 1.29 is 0 Å². The molecule has 0 fully saturated rings. The molecule has 0 radical (unpaired) electrons. The van der Waals surface area contributed by atoms with Gasteiger partial charge in [-0.05, 0) is 240 Å². The molecule has 4 heteroatoms. The Morgan fingerprint density at radius 2 is 0.535 bits per heavy atom. The van der Waals surface area contributed by atoms with Crippen molar-refractivity contribution in [2.24, 2.45) is 0 Å². The van der Waals surface area contributed by atoms with Gasteiger partial charge in [-0.15, -0.1) is 0 Å². The minimum absolute atomic E-state index is 0.0468. The highest BCUT2D eigenvalue weighted by molar-refractivity contribution is 6.12. The normalized spacial score (nSPS) is 12.6. The molecule has 0 spiro atoms. The lowest BCUT2D eigenvalue weighted by molar-refractivity contribution is 0.733. The van der Waals surface area contributed by atoms with E-state index in [1.165, 1.54) is 77.1 Å². The molecule has 0 amide bonds. The predicted octanol–water partition coefficient (Wildman–Crippen LogP) is 26.9. The van der Waals surface area contributed by atoms with E-state index >= 15 is 0 Å². The highest BCUT2D eigenvalue weighted by Gasteiger charge is 2.32. The molecular formula is C95H70N4. The zero-order valence-electron chi connectivity index (χ0n) is 55.0. The van der Waals surface area contributed by atoms with Gasteiger partial charge in [0.25, 0.3) is 0 Å². The van der Waals surface area contributed by atoms with Crippen LogP contribution in [0.1, 0.15) is 30.4 Å². The molecule has 1 aliphatic rings. The van der Waals surface area contributed by atoms with Crippen molar-refractivity contribution in [1.82, 2.24) is 0 Å². The second-order valence-electron chi connectivity index (χ2n) is 25.6. The first kappa shape index (κ1) is 59.9. The first-order valence-corrected chi connectivity index (χ1v) is 34.3. The third-order valence-electron chi connectivity index (χ3n) is 19.6. The summed E-state index contributed by atoms with van der Waals surface area (Å²) in [5, 5.41) is 7.29. The van der Waals surface area contributed by atoms with E-state index in [1.54, 1.807) is 0 Å². The summed E-state index contributed by atoms with van der Waals surface area (Å²) in [6.07, 6.45) is 3.32. The zero-order chi connectivity index (χ0) is 66.0. The van der Waals surface area contributed by atoms with Crippen molar-refractivity contribution in [2.45, 2.75) is 19.3 Å². The van der Waals surface area contributed by atoms with Crippen LogP contribution in [0.15, 0.2) is 388 Å². The smallest absolute Gasteiger partial charge is 0.0468 e. The molecule has 17 rings (SSSR count). The Morgan fingerprint density at radius 3 is 0.939 bits per heavy atom. The summed E-state index contributed by atoms with van der Waals surface area (Å²) in [6, 6.07) is 140. The van der Waals surface area contributed by atoms with E-state index in [0.717, 1.165) is 85.5 Å². The highest BCUT2D eigenvalue weighted by Crippen LogP contribution is 2.53. The van der Waals surface area contributed by atoms with Crippen molar-refractivity contribution in [3.05, 3.63) is 399 Å². The molecule has 16 aromatic carbocycles. The molecule has 99 heavy (non-hydrogen) atoms. The van der Waals surface area contributed by atoms with Gasteiger partial charge in [-0.2, -0.15) is 0 Å². The molecule has 0 aliphatic heterocycles. The van der Waals surface area contributed by atoms with Crippen molar-refractivity contribution in [2.75, 3.05) is 19.6 Å². The van der Waals surface area contributed by atoms with Gasteiger partial charge in [-0.1, -0.05) is 256 Å². The van der Waals surface area contributed by atoms with Crippen LogP contribution < -0.4 is 19.6 Å². The predicted molar refractivity (Wildman–Crippen MR) is 421 cm³/mol. The largest absolute Gasteiger partial charge is 0.314 e. The number of benzene rings is 16. The Bertz CT molecular complexity index is 5460. The number of fused-ring (bicyclic) bond motifs is 4. The van der Waals surface area contributed by atoms with Crippen molar-refractivity contribution >= 4 is 101 Å². The van der Waals surface area contributed by atoms with E-state index in [0.29, 0.717) is 0 Å². The summed E-state index contributed by atoms with van der Waals surface area (Å²) < 4.78 is 0.